The molecule has 8 nitrogen and oxygen atoms in total. The van der Waals surface area contributed by atoms with Crippen LogP contribution in [0.15, 0.2) is 17.8 Å². The maximum Gasteiger partial charge on any atom is 0.367 e. The number of aryl methyl sites for hydroxylation is 1. The van der Waals surface area contributed by atoms with Gasteiger partial charge in [0.25, 0.3) is 5.91 Å². The Bertz CT molecular complexity index is 596. The molecule has 1 N–H and O–H groups in total. The minimum absolute atomic E-state index is 0.185. The van der Waals surface area contributed by atoms with Gasteiger partial charge in [-0.25, -0.2) is 9.78 Å². The van der Waals surface area contributed by atoms with Crippen molar-refractivity contribution in [2.45, 2.75) is 19.9 Å². The highest BCUT2D eigenvalue weighted by Crippen LogP contribution is 2.11. The number of carbonyl (C=O) groups excluding carboxylic acids is 2. The van der Waals surface area contributed by atoms with E-state index in [1.54, 1.807) is 29.4 Å². The number of thiazole rings is 1. The van der Waals surface area contributed by atoms with Crippen molar-refractivity contribution in [3.8, 4) is 0 Å². The van der Waals surface area contributed by atoms with E-state index >= 15 is 0 Å². The Hall–Kier alpha value is -2.29. The summed E-state index contributed by atoms with van der Waals surface area (Å²) in [6, 6.07) is 0. The zero-order valence-corrected chi connectivity index (χ0v) is 12.3. The highest BCUT2D eigenvalue weighted by molar-refractivity contribution is 7.11. The first-order valence-electron chi connectivity index (χ1n) is 6.45. The van der Waals surface area contributed by atoms with Crippen LogP contribution in [0.2, 0.25) is 0 Å². The SMILES string of the molecule is CCOC(=O)c1nc(C(=O)NCCCn2ccnn2)cs1. The monoisotopic (exact) mass is 309 g/mol. The second-order valence-electron chi connectivity index (χ2n) is 4.03. The van der Waals surface area contributed by atoms with Gasteiger partial charge >= 0.3 is 5.97 Å². The Kier molecular flexibility index (Phi) is 5.38. The Morgan fingerprint density at radius 3 is 3.05 bits per heavy atom. The van der Waals surface area contributed by atoms with Gasteiger partial charge in [0.1, 0.15) is 5.69 Å². The van der Waals surface area contributed by atoms with Crippen LogP contribution in [0.4, 0.5) is 0 Å². The molecule has 0 aliphatic carbocycles. The second-order valence-corrected chi connectivity index (χ2v) is 4.89. The number of aromatic nitrogens is 4. The molecule has 21 heavy (non-hydrogen) atoms. The lowest BCUT2D eigenvalue weighted by Crippen LogP contribution is -2.25. The minimum Gasteiger partial charge on any atom is -0.461 e. The first-order chi connectivity index (χ1) is 10.2. The summed E-state index contributed by atoms with van der Waals surface area (Å²) in [4.78, 5) is 27.3. The largest absolute Gasteiger partial charge is 0.461 e. The summed E-state index contributed by atoms with van der Waals surface area (Å²) in [6.07, 6.45) is 4.09. The topological polar surface area (TPSA) is 99.0 Å². The van der Waals surface area contributed by atoms with Crippen molar-refractivity contribution in [1.82, 2.24) is 25.3 Å². The molecule has 0 fully saturated rings. The van der Waals surface area contributed by atoms with E-state index in [1.165, 1.54) is 0 Å². The molecule has 0 atom stereocenters. The maximum absolute atomic E-state index is 11.8. The highest BCUT2D eigenvalue weighted by atomic mass is 32.1. The fraction of sp³-hybridized carbons (Fsp3) is 0.417. The first kappa shape index (κ1) is 15.1. The van der Waals surface area contributed by atoms with Crippen molar-refractivity contribution < 1.29 is 14.3 Å². The lowest BCUT2D eigenvalue weighted by Gasteiger charge is -2.03. The van der Waals surface area contributed by atoms with Gasteiger partial charge in [0, 0.05) is 24.7 Å². The molecule has 2 rings (SSSR count). The lowest BCUT2D eigenvalue weighted by molar-refractivity contribution is 0.0526. The first-order valence-corrected chi connectivity index (χ1v) is 7.33. The molecule has 2 aromatic rings. The standard InChI is InChI=1S/C12H15N5O3S/c1-2-20-12(19)11-15-9(8-21-11)10(18)13-4-3-6-17-7-5-14-16-17/h5,7-8H,2-4,6H2,1H3,(H,13,18). The van der Waals surface area contributed by atoms with Crippen LogP contribution in [0, 0.1) is 0 Å². The molecule has 0 aliphatic heterocycles. The normalized spacial score (nSPS) is 10.3. The van der Waals surface area contributed by atoms with Crippen LogP contribution in [-0.2, 0) is 11.3 Å². The second kappa shape index (κ2) is 7.48. The molecular formula is C12H15N5O3S. The van der Waals surface area contributed by atoms with Gasteiger partial charge in [0.2, 0.25) is 5.01 Å². The smallest absolute Gasteiger partial charge is 0.367 e. The van der Waals surface area contributed by atoms with Crippen molar-refractivity contribution in [2.75, 3.05) is 13.2 Å². The van der Waals surface area contributed by atoms with Gasteiger partial charge in [-0.15, -0.1) is 16.4 Å². The van der Waals surface area contributed by atoms with Crippen molar-refractivity contribution in [2.24, 2.45) is 0 Å². The van der Waals surface area contributed by atoms with E-state index in [4.69, 9.17) is 4.74 Å². The highest BCUT2D eigenvalue weighted by Gasteiger charge is 2.15. The van der Waals surface area contributed by atoms with Crippen molar-refractivity contribution in [3.63, 3.8) is 0 Å². The molecule has 0 bridgehead atoms. The van der Waals surface area contributed by atoms with E-state index < -0.39 is 5.97 Å². The molecule has 0 spiro atoms. The molecule has 112 valence electrons. The van der Waals surface area contributed by atoms with Gasteiger partial charge in [-0.2, -0.15) is 0 Å². The molecule has 1 amide bonds. The van der Waals surface area contributed by atoms with E-state index in [0.717, 1.165) is 17.8 Å². The molecule has 0 aromatic carbocycles. The minimum atomic E-state index is -0.507. The lowest BCUT2D eigenvalue weighted by atomic mass is 10.4. The van der Waals surface area contributed by atoms with E-state index in [0.29, 0.717) is 13.1 Å². The number of rotatable bonds is 7. The third kappa shape index (κ3) is 4.35. The third-order valence-electron chi connectivity index (χ3n) is 2.51. The summed E-state index contributed by atoms with van der Waals surface area (Å²) in [6.45, 7) is 3.16. The van der Waals surface area contributed by atoms with Crippen molar-refractivity contribution in [3.05, 3.63) is 28.5 Å². The van der Waals surface area contributed by atoms with E-state index in [2.05, 4.69) is 20.6 Å². The summed E-state index contributed by atoms with van der Waals surface area (Å²) < 4.78 is 6.51. The third-order valence-corrected chi connectivity index (χ3v) is 3.33. The van der Waals surface area contributed by atoms with Gasteiger partial charge in [0.05, 0.1) is 12.8 Å². The number of nitrogens with one attached hydrogen (secondary N) is 1. The summed E-state index contributed by atoms with van der Waals surface area (Å²) >= 11 is 1.09. The van der Waals surface area contributed by atoms with E-state index in [9.17, 15) is 9.59 Å². The van der Waals surface area contributed by atoms with Crippen LogP contribution in [0.1, 0.15) is 33.6 Å². The van der Waals surface area contributed by atoms with Gasteiger partial charge in [-0.3, -0.25) is 9.48 Å². The number of ether oxygens (including phenoxy) is 1. The molecule has 0 unspecified atom stereocenters. The predicted molar refractivity (Wildman–Crippen MR) is 75.0 cm³/mol. The van der Waals surface area contributed by atoms with Crippen LogP contribution in [0.25, 0.3) is 0 Å². The Labute approximate surface area is 125 Å². The van der Waals surface area contributed by atoms with Crippen LogP contribution in [0.3, 0.4) is 0 Å². The molecule has 0 radical (unpaired) electrons. The summed E-state index contributed by atoms with van der Waals surface area (Å²) in [5.41, 5.74) is 0.226. The number of nitrogens with zero attached hydrogens (tertiary/aromatic N) is 4. The van der Waals surface area contributed by atoms with Gasteiger partial charge in [0.15, 0.2) is 0 Å². The average Bonchev–Trinajstić information content (AvgIpc) is 3.14. The quantitative estimate of drug-likeness (QED) is 0.598. The van der Waals surface area contributed by atoms with E-state index in [1.807, 2.05) is 0 Å². The summed E-state index contributed by atoms with van der Waals surface area (Å²) in [5, 5.41) is 12.0. The van der Waals surface area contributed by atoms with Crippen LogP contribution in [-0.4, -0.2) is 45.0 Å². The molecule has 0 aliphatic rings. The van der Waals surface area contributed by atoms with Crippen molar-refractivity contribution in [1.29, 1.82) is 0 Å². The van der Waals surface area contributed by atoms with Crippen LogP contribution >= 0.6 is 11.3 Å². The van der Waals surface area contributed by atoms with Crippen molar-refractivity contribution >= 4 is 23.2 Å². The number of esters is 1. The van der Waals surface area contributed by atoms with Crippen LogP contribution in [0.5, 0.6) is 0 Å². The summed E-state index contributed by atoms with van der Waals surface area (Å²) in [7, 11) is 0. The number of hydrogen-bond acceptors (Lipinski definition) is 7. The zero-order valence-electron chi connectivity index (χ0n) is 11.5. The summed E-state index contributed by atoms with van der Waals surface area (Å²) in [5.74, 6) is -0.812. The van der Waals surface area contributed by atoms with Gasteiger partial charge in [-0.05, 0) is 13.3 Å². The van der Waals surface area contributed by atoms with Gasteiger partial charge in [-0.1, -0.05) is 5.21 Å². The molecule has 2 aromatic heterocycles. The molecular weight excluding hydrogens is 294 g/mol. The fourth-order valence-corrected chi connectivity index (χ4v) is 2.24. The fourth-order valence-electron chi connectivity index (χ4n) is 1.55. The Morgan fingerprint density at radius 2 is 2.33 bits per heavy atom. The average molecular weight is 309 g/mol. The van der Waals surface area contributed by atoms with Gasteiger partial charge < -0.3 is 10.1 Å². The zero-order chi connectivity index (χ0) is 15.1. The Morgan fingerprint density at radius 1 is 1.48 bits per heavy atom. The molecule has 0 saturated carbocycles. The van der Waals surface area contributed by atoms with Crippen LogP contribution < -0.4 is 5.32 Å². The molecule has 9 heteroatoms. The maximum atomic E-state index is 11.8. The van der Waals surface area contributed by atoms with E-state index in [-0.39, 0.29) is 23.2 Å². The predicted octanol–water partition coefficient (Wildman–Crippen LogP) is 0.731. The number of amides is 1. The number of carbonyl (C=O) groups is 2. The molecule has 2 heterocycles. The number of hydrogen-bond donors (Lipinski definition) is 1. The Balaban J connectivity index is 1.76. The molecule has 0 saturated heterocycles.